The molecular formula is C32H29N5O2. The van der Waals surface area contributed by atoms with Crippen molar-refractivity contribution in [3.63, 3.8) is 0 Å². The standard InChI is InChI=1S/C32H29N5O2/c38-19-28-26-17-36(18-27(26)28)16-21-7-9-22(10-8-21)23-11-12-29-25(14-23)32(35-20-34-29)37(24-4-3-13-33-15-24)30-5-1-2-6-31(30)39/h1-15,20,26-28,38-39H,16-19H2. The fraction of sp³-hybridized carbons (Fsp3) is 0.219. The maximum absolute atomic E-state index is 10.8. The molecule has 3 aromatic carbocycles. The number of aliphatic hydroxyl groups is 1. The number of benzene rings is 3. The molecule has 1 aliphatic carbocycles. The Morgan fingerprint density at radius 3 is 2.41 bits per heavy atom. The van der Waals surface area contributed by atoms with E-state index in [1.165, 1.54) is 5.56 Å². The van der Waals surface area contributed by atoms with Crippen LogP contribution < -0.4 is 4.90 Å². The molecule has 194 valence electrons. The first-order valence-corrected chi connectivity index (χ1v) is 13.3. The Morgan fingerprint density at radius 2 is 1.67 bits per heavy atom. The van der Waals surface area contributed by atoms with Crippen LogP contribution >= 0.6 is 0 Å². The third-order valence-electron chi connectivity index (χ3n) is 8.20. The average Bonchev–Trinajstić information content (AvgIpc) is 3.46. The summed E-state index contributed by atoms with van der Waals surface area (Å²) in [4.78, 5) is 17.9. The van der Waals surface area contributed by atoms with Gasteiger partial charge in [0.15, 0.2) is 0 Å². The van der Waals surface area contributed by atoms with E-state index in [0.29, 0.717) is 35.9 Å². The van der Waals surface area contributed by atoms with Crippen molar-refractivity contribution in [3.05, 3.63) is 103 Å². The van der Waals surface area contributed by atoms with Crippen molar-refractivity contribution < 1.29 is 10.2 Å². The minimum atomic E-state index is 0.155. The normalized spacial score (nSPS) is 20.2. The second-order valence-electron chi connectivity index (χ2n) is 10.5. The summed E-state index contributed by atoms with van der Waals surface area (Å²) in [6.45, 7) is 3.47. The molecule has 7 heteroatoms. The highest BCUT2D eigenvalue weighted by Gasteiger charge is 2.54. The van der Waals surface area contributed by atoms with Crippen LogP contribution in [0.25, 0.3) is 22.0 Å². The van der Waals surface area contributed by atoms with Crippen LogP contribution in [0.4, 0.5) is 17.2 Å². The average molecular weight is 516 g/mol. The zero-order chi connectivity index (χ0) is 26.3. The van der Waals surface area contributed by atoms with E-state index in [2.05, 4.69) is 56.3 Å². The van der Waals surface area contributed by atoms with Crippen molar-refractivity contribution >= 4 is 28.1 Å². The van der Waals surface area contributed by atoms with Crippen LogP contribution in [0.5, 0.6) is 5.75 Å². The third-order valence-corrected chi connectivity index (χ3v) is 8.20. The Labute approximate surface area is 227 Å². The van der Waals surface area contributed by atoms with Crippen LogP contribution in [0.3, 0.4) is 0 Å². The zero-order valence-electron chi connectivity index (χ0n) is 21.4. The van der Waals surface area contributed by atoms with Gasteiger partial charge in [-0.3, -0.25) is 14.8 Å². The van der Waals surface area contributed by atoms with E-state index in [4.69, 9.17) is 0 Å². The second-order valence-corrected chi connectivity index (χ2v) is 10.5. The van der Waals surface area contributed by atoms with Gasteiger partial charge in [0.25, 0.3) is 0 Å². The predicted octanol–water partition coefficient (Wildman–Crippen LogP) is 5.54. The van der Waals surface area contributed by atoms with Crippen LogP contribution in [-0.2, 0) is 6.54 Å². The highest BCUT2D eigenvalue weighted by molar-refractivity contribution is 5.97. The van der Waals surface area contributed by atoms with Gasteiger partial charge >= 0.3 is 0 Å². The van der Waals surface area contributed by atoms with E-state index in [1.54, 1.807) is 30.9 Å². The van der Waals surface area contributed by atoms with Gasteiger partial charge in [0.2, 0.25) is 0 Å². The molecule has 2 aromatic heterocycles. The summed E-state index contributed by atoms with van der Waals surface area (Å²) < 4.78 is 0. The van der Waals surface area contributed by atoms with Crippen molar-refractivity contribution in [1.82, 2.24) is 19.9 Å². The number of phenolic OH excluding ortho intramolecular Hbond substituents is 1. The van der Waals surface area contributed by atoms with Gasteiger partial charge in [0.05, 0.1) is 23.1 Å². The molecule has 5 aromatic rings. The number of aromatic hydroxyl groups is 1. The lowest BCUT2D eigenvalue weighted by molar-refractivity contribution is 0.217. The van der Waals surface area contributed by atoms with Gasteiger partial charge < -0.3 is 10.2 Å². The lowest BCUT2D eigenvalue weighted by Crippen LogP contribution is -2.24. The predicted molar refractivity (Wildman–Crippen MR) is 152 cm³/mol. The maximum Gasteiger partial charge on any atom is 0.149 e. The van der Waals surface area contributed by atoms with Gasteiger partial charge in [-0.15, -0.1) is 0 Å². The molecule has 2 N–H and O–H groups in total. The number of likely N-dealkylation sites (tertiary alicyclic amines) is 1. The third kappa shape index (κ3) is 4.39. The summed E-state index contributed by atoms with van der Waals surface area (Å²) in [6, 6.07) is 26.0. The van der Waals surface area contributed by atoms with Crippen LogP contribution in [0.1, 0.15) is 5.56 Å². The summed E-state index contributed by atoms with van der Waals surface area (Å²) >= 11 is 0. The molecular weight excluding hydrogens is 486 g/mol. The highest BCUT2D eigenvalue weighted by Crippen LogP contribution is 2.51. The van der Waals surface area contributed by atoms with Crippen LogP contribution in [0.2, 0.25) is 0 Å². The lowest BCUT2D eigenvalue weighted by Gasteiger charge is -2.25. The second kappa shape index (κ2) is 9.76. The Bertz CT molecular complexity index is 1610. The first-order chi connectivity index (χ1) is 19.2. The van der Waals surface area contributed by atoms with Crippen molar-refractivity contribution in [3.8, 4) is 16.9 Å². The van der Waals surface area contributed by atoms with Gasteiger partial charge in [-0.05, 0) is 70.8 Å². The molecule has 0 amide bonds. The van der Waals surface area contributed by atoms with E-state index in [0.717, 1.165) is 47.4 Å². The van der Waals surface area contributed by atoms with E-state index < -0.39 is 0 Å². The molecule has 2 aliphatic rings. The molecule has 2 fully saturated rings. The van der Waals surface area contributed by atoms with Crippen LogP contribution in [-0.4, -0.2) is 49.8 Å². The molecule has 1 saturated heterocycles. The number of para-hydroxylation sites is 2. The molecule has 0 bridgehead atoms. The molecule has 3 heterocycles. The van der Waals surface area contributed by atoms with Crippen molar-refractivity contribution in [2.75, 3.05) is 24.6 Å². The maximum atomic E-state index is 10.8. The van der Waals surface area contributed by atoms with E-state index in [9.17, 15) is 10.2 Å². The minimum absolute atomic E-state index is 0.155. The lowest BCUT2D eigenvalue weighted by atomic mass is 10.0. The molecule has 1 saturated carbocycles. The number of aliphatic hydroxyl groups excluding tert-OH is 1. The molecule has 7 nitrogen and oxygen atoms in total. The Kier molecular flexibility index (Phi) is 5.95. The van der Waals surface area contributed by atoms with E-state index >= 15 is 0 Å². The molecule has 2 unspecified atom stereocenters. The smallest absolute Gasteiger partial charge is 0.149 e. The fourth-order valence-corrected chi connectivity index (χ4v) is 6.11. The van der Waals surface area contributed by atoms with E-state index in [1.807, 2.05) is 35.2 Å². The minimum Gasteiger partial charge on any atom is -0.506 e. The molecule has 2 atom stereocenters. The number of phenols is 1. The SMILES string of the molecule is OCC1C2CN(Cc3ccc(-c4ccc5ncnc(N(c6cccnc6)c6ccccc6O)c5c4)cc3)CC12. The number of rotatable bonds is 7. The van der Waals surface area contributed by atoms with Crippen molar-refractivity contribution in [2.45, 2.75) is 6.54 Å². The topological polar surface area (TPSA) is 85.6 Å². The first-order valence-electron chi connectivity index (χ1n) is 13.3. The number of piperidine rings is 1. The van der Waals surface area contributed by atoms with Gasteiger partial charge in [-0.25, -0.2) is 9.97 Å². The Hall–Kier alpha value is -4.33. The van der Waals surface area contributed by atoms with Gasteiger partial charge in [-0.2, -0.15) is 0 Å². The Balaban J connectivity index is 1.22. The summed E-state index contributed by atoms with van der Waals surface area (Å²) in [7, 11) is 0. The number of fused-ring (bicyclic) bond motifs is 2. The van der Waals surface area contributed by atoms with Gasteiger partial charge in [0.1, 0.15) is 17.9 Å². The molecule has 0 spiro atoms. The largest absolute Gasteiger partial charge is 0.506 e. The molecule has 1 aliphatic heterocycles. The van der Waals surface area contributed by atoms with Gasteiger partial charge in [-0.1, -0.05) is 42.5 Å². The summed E-state index contributed by atoms with van der Waals surface area (Å²) in [5, 5.41) is 21.1. The van der Waals surface area contributed by atoms with Crippen molar-refractivity contribution in [1.29, 1.82) is 0 Å². The highest BCUT2D eigenvalue weighted by atomic mass is 16.3. The van der Waals surface area contributed by atoms with Crippen LogP contribution in [0, 0.1) is 17.8 Å². The zero-order valence-corrected chi connectivity index (χ0v) is 21.4. The number of hydrogen-bond acceptors (Lipinski definition) is 7. The molecule has 7 rings (SSSR count). The molecule has 0 radical (unpaired) electrons. The number of pyridine rings is 1. The summed E-state index contributed by atoms with van der Waals surface area (Å²) in [5.74, 6) is 2.73. The summed E-state index contributed by atoms with van der Waals surface area (Å²) in [6.07, 6.45) is 5.04. The fourth-order valence-electron chi connectivity index (χ4n) is 6.11. The number of aromatic nitrogens is 3. The number of hydrogen-bond donors (Lipinski definition) is 2. The van der Waals surface area contributed by atoms with Gasteiger partial charge in [0, 0.05) is 37.8 Å². The quantitative estimate of drug-likeness (QED) is 0.294. The van der Waals surface area contributed by atoms with Crippen molar-refractivity contribution in [2.24, 2.45) is 17.8 Å². The first kappa shape index (κ1) is 23.8. The van der Waals surface area contributed by atoms with Crippen LogP contribution in [0.15, 0.2) is 97.6 Å². The summed E-state index contributed by atoms with van der Waals surface area (Å²) in [5.41, 5.74) is 5.71. The number of nitrogens with zero attached hydrogens (tertiary/aromatic N) is 5. The van der Waals surface area contributed by atoms with E-state index in [-0.39, 0.29) is 5.75 Å². The number of anilines is 3. The Morgan fingerprint density at radius 1 is 0.872 bits per heavy atom. The molecule has 39 heavy (non-hydrogen) atoms. The monoisotopic (exact) mass is 515 g/mol.